The van der Waals surface area contributed by atoms with Gasteiger partial charge in [-0.1, -0.05) is 23.7 Å². The molecule has 1 rings (SSSR count). The zero-order valence-corrected chi connectivity index (χ0v) is 8.92. The first kappa shape index (κ1) is 12.9. The van der Waals surface area contributed by atoms with Gasteiger partial charge in [0.15, 0.2) is 0 Å². The Morgan fingerprint density at radius 2 is 2.00 bits per heavy atom. The second-order valence-electron chi connectivity index (χ2n) is 3.21. The minimum Gasteiger partial charge on any atom is -0.478 e. The van der Waals surface area contributed by atoms with Gasteiger partial charge in [0, 0.05) is 5.56 Å². The molecule has 6 heteroatoms. The lowest BCUT2D eigenvalue weighted by molar-refractivity contribution is -0.0152. The van der Waals surface area contributed by atoms with Crippen molar-refractivity contribution < 1.29 is 25.2 Å². The number of hydrogen-bond acceptors (Lipinski definition) is 4. The van der Waals surface area contributed by atoms with Crippen LogP contribution in [0.5, 0.6) is 0 Å². The zero-order chi connectivity index (χ0) is 12.3. The number of benzene rings is 1. The van der Waals surface area contributed by atoms with Crippen LogP contribution in [0.2, 0.25) is 5.02 Å². The number of aliphatic hydroxyl groups excluding tert-OH is 3. The zero-order valence-electron chi connectivity index (χ0n) is 8.17. The SMILES string of the molecule is O=C(O)c1cccc(C(O)C(O)CO)c1Cl. The number of rotatable bonds is 4. The fraction of sp³-hybridized carbons (Fsp3) is 0.300. The van der Waals surface area contributed by atoms with Gasteiger partial charge in [0.25, 0.3) is 0 Å². The van der Waals surface area contributed by atoms with Crippen molar-refractivity contribution in [3.63, 3.8) is 0 Å². The Hall–Kier alpha value is -1.14. The summed E-state index contributed by atoms with van der Waals surface area (Å²) in [7, 11) is 0. The Morgan fingerprint density at radius 3 is 2.50 bits per heavy atom. The van der Waals surface area contributed by atoms with Crippen LogP contribution in [-0.4, -0.2) is 39.1 Å². The Labute approximate surface area is 96.5 Å². The quantitative estimate of drug-likeness (QED) is 0.617. The molecule has 0 aromatic heterocycles. The van der Waals surface area contributed by atoms with E-state index < -0.39 is 24.8 Å². The molecule has 0 aliphatic heterocycles. The monoisotopic (exact) mass is 246 g/mol. The third-order valence-corrected chi connectivity index (χ3v) is 2.55. The predicted molar refractivity (Wildman–Crippen MR) is 56.5 cm³/mol. The minimum atomic E-state index is -1.42. The van der Waals surface area contributed by atoms with Gasteiger partial charge in [-0.05, 0) is 6.07 Å². The van der Waals surface area contributed by atoms with Crippen LogP contribution in [0, 0.1) is 0 Å². The molecule has 1 aromatic carbocycles. The maximum Gasteiger partial charge on any atom is 0.337 e. The van der Waals surface area contributed by atoms with Crippen molar-refractivity contribution in [2.45, 2.75) is 12.2 Å². The van der Waals surface area contributed by atoms with Crippen molar-refractivity contribution in [2.24, 2.45) is 0 Å². The second kappa shape index (κ2) is 5.27. The first-order chi connectivity index (χ1) is 7.49. The van der Waals surface area contributed by atoms with Crippen molar-refractivity contribution in [3.8, 4) is 0 Å². The van der Waals surface area contributed by atoms with Gasteiger partial charge < -0.3 is 20.4 Å². The molecule has 88 valence electrons. The molecule has 0 saturated heterocycles. The summed E-state index contributed by atoms with van der Waals surface area (Å²) in [5.74, 6) is -1.22. The Morgan fingerprint density at radius 1 is 1.38 bits per heavy atom. The number of carboxylic acid groups (broad SMARTS) is 1. The number of aliphatic hydroxyl groups is 3. The topological polar surface area (TPSA) is 98.0 Å². The molecule has 0 aliphatic carbocycles. The van der Waals surface area contributed by atoms with Crippen LogP contribution >= 0.6 is 11.6 Å². The fourth-order valence-corrected chi connectivity index (χ4v) is 1.57. The summed E-state index contributed by atoms with van der Waals surface area (Å²) < 4.78 is 0. The molecule has 5 nitrogen and oxygen atoms in total. The molecule has 0 fully saturated rings. The average Bonchev–Trinajstić information content (AvgIpc) is 2.27. The molecule has 0 heterocycles. The molecular formula is C10H11ClO5. The Kier molecular flexibility index (Phi) is 4.26. The summed E-state index contributed by atoms with van der Waals surface area (Å²) in [4.78, 5) is 10.8. The number of carboxylic acids is 1. The van der Waals surface area contributed by atoms with Gasteiger partial charge in [-0.15, -0.1) is 0 Å². The van der Waals surface area contributed by atoms with E-state index in [4.69, 9.17) is 21.8 Å². The third-order valence-electron chi connectivity index (χ3n) is 2.13. The van der Waals surface area contributed by atoms with E-state index in [9.17, 15) is 15.0 Å². The Bertz CT molecular complexity index is 393. The summed E-state index contributed by atoms with van der Waals surface area (Å²) in [6, 6.07) is 4.07. The molecule has 0 aliphatic rings. The molecule has 0 amide bonds. The molecule has 0 bridgehead atoms. The van der Waals surface area contributed by atoms with Crippen LogP contribution in [0.3, 0.4) is 0 Å². The largest absolute Gasteiger partial charge is 0.478 e. The first-order valence-corrected chi connectivity index (χ1v) is 4.85. The molecule has 4 N–H and O–H groups in total. The van der Waals surface area contributed by atoms with Crippen LogP contribution in [-0.2, 0) is 0 Å². The highest BCUT2D eigenvalue weighted by Gasteiger charge is 2.22. The summed E-state index contributed by atoms with van der Waals surface area (Å²) in [6.07, 6.45) is -2.82. The van der Waals surface area contributed by atoms with Gasteiger partial charge in [0.05, 0.1) is 17.2 Å². The molecule has 2 atom stereocenters. The molecular weight excluding hydrogens is 236 g/mol. The van der Waals surface area contributed by atoms with E-state index in [-0.39, 0.29) is 16.1 Å². The van der Waals surface area contributed by atoms with Crippen LogP contribution < -0.4 is 0 Å². The van der Waals surface area contributed by atoms with Crippen LogP contribution in [0.15, 0.2) is 18.2 Å². The molecule has 0 saturated carbocycles. The van der Waals surface area contributed by atoms with Crippen molar-refractivity contribution in [1.29, 1.82) is 0 Å². The maximum atomic E-state index is 10.8. The van der Waals surface area contributed by atoms with Crippen molar-refractivity contribution in [1.82, 2.24) is 0 Å². The lowest BCUT2D eigenvalue weighted by Gasteiger charge is -2.17. The van der Waals surface area contributed by atoms with Gasteiger partial charge in [-0.25, -0.2) is 4.79 Å². The number of hydrogen-bond donors (Lipinski definition) is 4. The Balaban J connectivity index is 3.15. The molecule has 2 unspecified atom stereocenters. The van der Waals surface area contributed by atoms with E-state index >= 15 is 0 Å². The summed E-state index contributed by atoms with van der Waals surface area (Å²) in [5.41, 5.74) is -0.0912. The lowest BCUT2D eigenvalue weighted by Crippen LogP contribution is -2.22. The highest BCUT2D eigenvalue weighted by molar-refractivity contribution is 6.34. The predicted octanol–water partition coefficient (Wildman–Crippen LogP) is 0.425. The van der Waals surface area contributed by atoms with Crippen molar-refractivity contribution in [2.75, 3.05) is 6.61 Å². The maximum absolute atomic E-state index is 10.8. The van der Waals surface area contributed by atoms with E-state index in [1.165, 1.54) is 18.2 Å². The molecule has 1 aromatic rings. The summed E-state index contributed by atoms with van der Waals surface area (Å²) in [6.45, 7) is -0.644. The molecule has 16 heavy (non-hydrogen) atoms. The lowest BCUT2D eigenvalue weighted by atomic mass is 10.0. The highest BCUT2D eigenvalue weighted by Crippen LogP contribution is 2.28. The van der Waals surface area contributed by atoms with E-state index in [1.54, 1.807) is 0 Å². The van der Waals surface area contributed by atoms with E-state index in [2.05, 4.69) is 0 Å². The third kappa shape index (κ3) is 2.51. The molecule has 0 spiro atoms. The number of halogens is 1. The van der Waals surface area contributed by atoms with Gasteiger partial charge in [0.2, 0.25) is 0 Å². The van der Waals surface area contributed by atoms with Crippen molar-refractivity contribution >= 4 is 17.6 Å². The standard InChI is InChI=1S/C10H11ClO5/c11-8-5(9(14)7(13)4-12)2-1-3-6(8)10(15)16/h1-3,7,9,12-14H,4H2,(H,15,16). The van der Waals surface area contributed by atoms with Gasteiger partial charge in [-0.2, -0.15) is 0 Å². The fourth-order valence-electron chi connectivity index (χ4n) is 1.25. The van der Waals surface area contributed by atoms with E-state index in [0.29, 0.717) is 0 Å². The van der Waals surface area contributed by atoms with Crippen LogP contribution in [0.1, 0.15) is 22.0 Å². The number of carbonyl (C=O) groups is 1. The molecule has 0 radical (unpaired) electrons. The summed E-state index contributed by atoms with van der Waals surface area (Å²) in [5, 5.41) is 36.1. The van der Waals surface area contributed by atoms with Gasteiger partial charge in [0.1, 0.15) is 12.2 Å². The normalized spacial score (nSPS) is 14.5. The summed E-state index contributed by atoms with van der Waals surface area (Å²) >= 11 is 5.77. The van der Waals surface area contributed by atoms with Gasteiger partial charge in [-0.3, -0.25) is 0 Å². The first-order valence-electron chi connectivity index (χ1n) is 4.47. The highest BCUT2D eigenvalue weighted by atomic mass is 35.5. The average molecular weight is 247 g/mol. The smallest absolute Gasteiger partial charge is 0.337 e. The van der Waals surface area contributed by atoms with E-state index in [1.807, 2.05) is 0 Å². The van der Waals surface area contributed by atoms with Crippen molar-refractivity contribution in [3.05, 3.63) is 34.3 Å². The van der Waals surface area contributed by atoms with E-state index in [0.717, 1.165) is 0 Å². The number of aromatic carboxylic acids is 1. The van der Waals surface area contributed by atoms with Crippen LogP contribution in [0.25, 0.3) is 0 Å². The van der Waals surface area contributed by atoms with Gasteiger partial charge >= 0.3 is 5.97 Å². The second-order valence-corrected chi connectivity index (χ2v) is 3.59. The minimum absolute atomic E-state index is 0.0723. The van der Waals surface area contributed by atoms with Crippen LogP contribution in [0.4, 0.5) is 0 Å².